The van der Waals surface area contributed by atoms with Gasteiger partial charge in [-0.3, -0.25) is 4.79 Å². The van der Waals surface area contributed by atoms with E-state index >= 15 is 0 Å². The lowest BCUT2D eigenvalue weighted by Crippen LogP contribution is -2.73. The van der Waals surface area contributed by atoms with E-state index in [1.807, 2.05) is 0 Å². The molecule has 0 aromatic rings. The van der Waals surface area contributed by atoms with Crippen LogP contribution in [0.1, 0.15) is 0 Å². The Hall–Kier alpha value is -2.37. The molecular formula is C11H6F15NO3. The van der Waals surface area contributed by atoms with Crippen molar-refractivity contribution in [2.24, 2.45) is 5.73 Å². The maximum Gasteiger partial charge on any atom is 0.460 e. The predicted molar refractivity (Wildman–Crippen MR) is 62.8 cm³/mol. The quantitative estimate of drug-likeness (QED) is 0.421. The van der Waals surface area contributed by atoms with E-state index in [0.29, 0.717) is 0 Å². The highest BCUT2D eigenvalue weighted by Crippen LogP contribution is 2.62. The van der Waals surface area contributed by atoms with E-state index in [0.717, 1.165) is 6.08 Å². The highest BCUT2D eigenvalue weighted by molar-refractivity contribution is 5.85. The smallest absolute Gasteiger partial charge is 0.460 e. The van der Waals surface area contributed by atoms with Gasteiger partial charge in [-0.1, -0.05) is 6.58 Å². The Labute approximate surface area is 154 Å². The molecule has 0 saturated carbocycles. The van der Waals surface area contributed by atoms with Crippen LogP contribution in [0.15, 0.2) is 12.7 Å². The monoisotopic (exact) mass is 485 g/mol. The molecule has 0 unspecified atom stereocenters. The third kappa shape index (κ3) is 4.37. The van der Waals surface area contributed by atoms with Gasteiger partial charge in [0.25, 0.3) is 0 Å². The first-order valence-corrected chi connectivity index (χ1v) is 6.20. The van der Waals surface area contributed by atoms with Crippen LogP contribution in [0.25, 0.3) is 0 Å². The largest absolute Gasteiger partial charge is 0.477 e. The number of carboxylic acids is 1. The molecule has 0 saturated heterocycles. The topological polar surface area (TPSA) is 80.4 Å². The molecule has 0 bridgehead atoms. The highest BCUT2D eigenvalue weighted by Gasteiger charge is 2.94. The fourth-order valence-corrected chi connectivity index (χ4v) is 1.10. The van der Waals surface area contributed by atoms with Crippen LogP contribution < -0.4 is 5.73 Å². The van der Waals surface area contributed by atoms with Crippen molar-refractivity contribution in [3.8, 4) is 0 Å². The fraction of sp³-hybridized carbons (Fsp3) is 0.636. The van der Waals surface area contributed by atoms with Gasteiger partial charge >= 0.3 is 47.7 Å². The number of alkyl halides is 15. The summed E-state index contributed by atoms with van der Waals surface area (Å²) in [5, 5.41) is 7.57. The summed E-state index contributed by atoms with van der Waals surface area (Å²) in [6.45, 7) is 3.09. The van der Waals surface area contributed by atoms with Crippen LogP contribution in [0.5, 0.6) is 0 Å². The van der Waals surface area contributed by atoms with Gasteiger partial charge in [-0.25, -0.2) is 4.79 Å². The van der Waals surface area contributed by atoms with Gasteiger partial charge in [-0.2, -0.15) is 65.9 Å². The minimum absolute atomic E-state index is 0.481. The third-order valence-electron chi connectivity index (χ3n) is 2.80. The zero-order valence-corrected chi connectivity index (χ0v) is 13.3. The molecule has 0 heterocycles. The van der Waals surface area contributed by atoms with Crippen molar-refractivity contribution >= 4 is 11.9 Å². The summed E-state index contributed by atoms with van der Waals surface area (Å²) in [7, 11) is 0. The maximum atomic E-state index is 12.8. The molecule has 30 heavy (non-hydrogen) atoms. The number of hydrogen-bond acceptors (Lipinski definition) is 2. The number of amides is 1. The molecule has 0 spiro atoms. The SMILES string of the molecule is C=CC(N)=O.O=C(O)C(F)(F)C(F)(F)C(F)(F)C(F)(F)C(F)(F)C(F)(F)C(F)(F)F. The lowest BCUT2D eigenvalue weighted by atomic mass is 9.91. The minimum atomic E-state index is -8.47. The van der Waals surface area contributed by atoms with Crippen LogP contribution in [-0.2, 0) is 9.59 Å². The van der Waals surface area contributed by atoms with Crippen LogP contribution in [-0.4, -0.2) is 58.7 Å². The first-order valence-electron chi connectivity index (χ1n) is 6.20. The van der Waals surface area contributed by atoms with E-state index < -0.39 is 53.6 Å². The molecule has 0 aliphatic rings. The highest BCUT2D eigenvalue weighted by atomic mass is 19.4. The van der Waals surface area contributed by atoms with Crippen molar-refractivity contribution in [1.29, 1.82) is 0 Å². The van der Waals surface area contributed by atoms with Crippen molar-refractivity contribution in [1.82, 2.24) is 0 Å². The minimum Gasteiger partial charge on any atom is -0.477 e. The number of aliphatic carboxylic acids is 1. The molecule has 0 aliphatic carbocycles. The van der Waals surface area contributed by atoms with Gasteiger partial charge < -0.3 is 10.8 Å². The van der Waals surface area contributed by atoms with E-state index in [4.69, 9.17) is 5.11 Å². The van der Waals surface area contributed by atoms with E-state index in [1.54, 1.807) is 0 Å². The molecule has 1 amide bonds. The molecule has 0 aliphatic heterocycles. The molecule has 3 N–H and O–H groups in total. The molecule has 0 fully saturated rings. The maximum absolute atomic E-state index is 12.8. The first kappa shape index (κ1) is 29.8. The second-order valence-electron chi connectivity index (χ2n) is 4.86. The lowest BCUT2D eigenvalue weighted by Gasteiger charge is -2.40. The standard InChI is InChI=1S/C8HF15O2.C3H5NO/c9-2(10,1(24)25)3(11,12)4(13,14)5(15,16)6(17,18)7(19,20)8(21,22)23;1-2-3(4)5/h(H,24,25);2H,1H2,(H2,4,5). The van der Waals surface area contributed by atoms with Gasteiger partial charge in [0.05, 0.1) is 0 Å². The molecule has 0 aromatic carbocycles. The van der Waals surface area contributed by atoms with Gasteiger partial charge in [0.2, 0.25) is 5.91 Å². The number of carbonyl (C=O) groups is 2. The summed E-state index contributed by atoms with van der Waals surface area (Å²) in [4.78, 5) is 19.2. The van der Waals surface area contributed by atoms with Gasteiger partial charge in [-0.05, 0) is 6.08 Å². The Morgan fingerprint density at radius 3 is 1.07 bits per heavy atom. The third-order valence-corrected chi connectivity index (χ3v) is 2.80. The van der Waals surface area contributed by atoms with Crippen LogP contribution in [0.3, 0.4) is 0 Å². The Bertz CT molecular complexity index is 667. The van der Waals surface area contributed by atoms with Crippen molar-refractivity contribution < 1.29 is 80.6 Å². The summed E-state index contributed by atoms with van der Waals surface area (Å²) >= 11 is 0. The number of halogens is 15. The molecule has 0 radical (unpaired) electrons. The first-order chi connectivity index (χ1) is 12.7. The predicted octanol–water partition coefficient (Wildman–Crippen LogP) is 4.10. The van der Waals surface area contributed by atoms with Crippen molar-refractivity contribution in [3.05, 3.63) is 12.7 Å². The van der Waals surface area contributed by atoms with Crippen molar-refractivity contribution in [2.75, 3.05) is 0 Å². The van der Waals surface area contributed by atoms with Gasteiger partial charge in [0, 0.05) is 0 Å². The van der Waals surface area contributed by atoms with Crippen molar-refractivity contribution in [3.63, 3.8) is 0 Å². The number of nitrogens with two attached hydrogens (primary N) is 1. The second kappa shape index (κ2) is 8.05. The molecular weight excluding hydrogens is 479 g/mol. The Kier molecular flexibility index (Phi) is 8.00. The summed E-state index contributed by atoms with van der Waals surface area (Å²) in [6, 6.07) is 0. The normalized spacial score (nSPS) is 14.5. The summed E-state index contributed by atoms with van der Waals surface area (Å²) < 4.78 is 187. The zero-order chi connectivity index (χ0) is 25.4. The Morgan fingerprint density at radius 2 is 0.867 bits per heavy atom. The Balaban J connectivity index is 0. The molecule has 0 atom stereocenters. The summed E-state index contributed by atoms with van der Waals surface area (Å²) in [6.07, 6.45) is -6.64. The average molecular weight is 485 g/mol. The lowest BCUT2D eigenvalue weighted by molar-refractivity contribution is -0.450. The van der Waals surface area contributed by atoms with E-state index in [1.165, 1.54) is 0 Å². The van der Waals surface area contributed by atoms with Gasteiger partial charge in [0.15, 0.2) is 0 Å². The summed E-state index contributed by atoms with van der Waals surface area (Å²) in [5.74, 6) is -53.3. The van der Waals surface area contributed by atoms with Gasteiger partial charge in [-0.15, -0.1) is 0 Å². The van der Waals surface area contributed by atoms with Gasteiger partial charge in [0.1, 0.15) is 0 Å². The number of hydrogen-bond donors (Lipinski definition) is 2. The average Bonchev–Trinajstić information content (AvgIpc) is 2.52. The van der Waals surface area contributed by atoms with E-state index in [9.17, 15) is 75.4 Å². The molecule has 19 heteroatoms. The molecule has 178 valence electrons. The summed E-state index contributed by atoms with van der Waals surface area (Å²) in [5.41, 5.74) is 4.53. The number of carbonyl (C=O) groups excluding carboxylic acids is 1. The van der Waals surface area contributed by atoms with E-state index in [-0.39, 0.29) is 0 Å². The fourth-order valence-electron chi connectivity index (χ4n) is 1.10. The Morgan fingerprint density at radius 1 is 0.633 bits per heavy atom. The molecule has 4 nitrogen and oxygen atoms in total. The molecule has 0 rings (SSSR count). The number of rotatable bonds is 7. The van der Waals surface area contributed by atoms with Crippen LogP contribution in [0.2, 0.25) is 0 Å². The van der Waals surface area contributed by atoms with Crippen LogP contribution >= 0.6 is 0 Å². The number of primary amides is 1. The van der Waals surface area contributed by atoms with Crippen LogP contribution in [0, 0.1) is 0 Å². The van der Waals surface area contributed by atoms with Crippen molar-refractivity contribution in [2.45, 2.75) is 41.7 Å². The second-order valence-corrected chi connectivity index (χ2v) is 4.86. The molecule has 0 aromatic heterocycles. The van der Waals surface area contributed by atoms with E-state index in [2.05, 4.69) is 12.3 Å². The zero-order valence-electron chi connectivity index (χ0n) is 13.3. The van der Waals surface area contributed by atoms with Crippen LogP contribution in [0.4, 0.5) is 65.9 Å². The number of carboxylic acid groups (broad SMARTS) is 1.